The Morgan fingerprint density at radius 2 is 2.04 bits per heavy atom. The van der Waals surface area contributed by atoms with Crippen molar-refractivity contribution in [2.75, 3.05) is 5.32 Å². The van der Waals surface area contributed by atoms with E-state index >= 15 is 0 Å². The Kier molecular flexibility index (Phi) is 3.32. The summed E-state index contributed by atoms with van der Waals surface area (Å²) in [4.78, 5) is 19.9. The second-order valence-corrected chi connectivity index (χ2v) is 5.69. The molecule has 0 radical (unpaired) electrons. The van der Waals surface area contributed by atoms with Crippen molar-refractivity contribution in [2.45, 2.75) is 0 Å². The second kappa shape index (κ2) is 5.50. The molecule has 4 rings (SSSR count). The summed E-state index contributed by atoms with van der Waals surface area (Å²) < 4.78 is 1.72. The first-order valence-electron chi connectivity index (χ1n) is 7.13. The number of nitrogens with zero attached hydrogens (tertiary/aromatic N) is 3. The monoisotopic (exact) mass is 338 g/mol. The smallest absolute Gasteiger partial charge is 0.339 e. The van der Waals surface area contributed by atoms with Gasteiger partial charge in [0.05, 0.1) is 11.7 Å². The van der Waals surface area contributed by atoms with Crippen LogP contribution in [0.3, 0.4) is 0 Å². The van der Waals surface area contributed by atoms with Crippen molar-refractivity contribution in [3.05, 3.63) is 65.6 Å². The molecule has 0 saturated heterocycles. The molecule has 0 atom stereocenters. The molecular formula is C17H11ClN4O2. The number of pyridine rings is 1. The lowest BCUT2D eigenvalue weighted by Crippen LogP contribution is -1.99. The van der Waals surface area contributed by atoms with Gasteiger partial charge < -0.3 is 10.4 Å². The topological polar surface area (TPSA) is 79.5 Å². The van der Waals surface area contributed by atoms with Crippen LogP contribution in [0.15, 0.2) is 55.0 Å². The zero-order chi connectivity index (χ0) is 16.7. The number of rotatable bonds is 3. The zero-order valence-corrected chi connectivity index (χ0v) is 13.0. The lowest BCUT2D eigenvalue weighted by molar-refractivity contribution is 0.0699. The standard InChI is InChI=1S/C17H11ClN4O2/c18-11-2-1-3-12(7-11)21-15-6-10-8-20-16-13(17(23)24)4-5-22(16)14(10)9-19-15/h1-9H,(H,19,21)(H,23,24). The maximum atomic E-state index is 11.2. The van der Waals surface area contributed by atoms with Gasteiger partial charge in [-0.15, -0.1) is 0 Å². The van der Waals surface area contributed by atoms with E-state index in [4.69, 9.17) is 11.6 Å². The average molecular weight is 339 g/mol. The fourth-order valence-corrected chi connectivity index (χ4v) is 2.79. The van der Waals surface area contributed by atoms with Crippen molar-refractivity contribution in [2.24, 2.45) is 0 Å². The number of fused-ring (bicyclic) bond motifs is 3. The molecule has 3 heterocycles. The van der Waals surface area contributed by atoms with Crippen LogP contribution in [0.1, 0.15) is 10.4 Å². The van der Waals surface area contributed by atoms with Crippen molar-refractivity contribution in [3.63, 3.8) is 0 Å². The molecule has 3 aromatic heterocycles. The molecule has 0 amide bonds. The molecule has 0 fully saturated rings. The summed E-state index contributed by atoms with van der Waals surface area (Å²) >= 11 is 5.98. The van der Waals surface area contributed by atoms with Crippen molar-refractivity contribution in [1.29, 1.82) is 0 Å². The minimum absolute atomic E-state index is 0.165. The third-order valence-corrected chi connectivity index (χ3v) is 3.92. The maximum absolute atomic E-state index is 11.2. The van der Waals surface area contributed by atoms with Gasteiger partial charge in [-0.1, -0.05) is 17.7 Å². The molecular weight excluding hydrogens is 328 g/mol. The van der Waals surface area contributed by atoms with Gasteiger partial charge in [0.2, 0.25) is 0 Å². The van der Waals surface area contributed by atoms with Crippen LogP contribution < -0.4 is 5.32 Å². The minimum Gasteiger partial charge on any atom is -0.478 e. The molecule has 118 valence electrons. The number of carboxylic acids is 1. The van der Waals surface area contributed by atoms with Crippen molar-refractivity contribution < 1.29 is 9.90 Å². The predicted octanol–water partition coefficient (Wildman–Crippen LogP) is 3.98. The highest BCUT2D eigenvalue weighted by molar-refractivity contribution is 6.30. The van der Waals surface area contributed by atoms with Gasteiger partial charge in [0.1, 0.15) is 11.4 Å². The molecule has 0 aliphatic heterocycles. The molecule has 6 nitrogen and oxygen atoms in total. The number of aromatic nitrogens is 3. The summed E-state index contributed by atoms with van der Waals surface area (Å²) in [6.45, 7) is 0. The number of carbonyl (C=O) groups is 1. The van der Waals surface area contributed by atoms with Gasteiger partial charge in [0.15, 0.2) is 5.65 Å². The van der Waals surface area contributed by atoms with Gasteiger partial charge in [0, 0.05) is 28.5 Å². The highest BCUT2D eigenvalue weighted by Gasteiger charge is 2.13. The van der Waals surface area contributed by atoms with Gasteiger partial charge in [-0.3, -0.25) is 4.40 Å². The van der Waals surface area contributed by atoms with E-state index < -0.39 is 5.97 Å². The number of anilines is 2. The van der Waals surface area contributed by atoms with Gasteiger partial charge in [0.25, 0.3) is 0 Å². The van der Waals surface area contributed by atoms with E-state index in [9.17, 15) is 9.90 Å². The van der Waals surface area contributed by atoms with Gasteiger partial charge in [-0.05, 0) is 30.3 Å². The Morgan fingerprint density at radius 3 is 2.83 bits per heavy atom. The van der Waals surface area contributed by atoms with Gasteiger partial charge >= 0.3 is 5.97 Å². The molecule has 0 aliphatic carbocycles. The summed E-state index contributed by atoms with van der Waals surface area (Å²) in [7, 11) is 0. The lowest BCUT2D eigenvalue weighted by atomic mass is 10.2. The van der Waals surface area contributed by atoms with Crippen molar-refractivity contribution in [3.8, 4) is 0 Å². The summed E-state index contributed by atoms with van der Waals surface area (Å²) in [5.41, 5.74) is 2.17. The zero-order valence-electron chi connectivity index (χ0n) is 12.3. The molecule has 0 saturated carbocycles. The van der Waals surface area contributed by atoms with Crippen LogP contribution in [-0.2, 0) is 0 Å². The fourth-order valence-electron chi connectivity index (χ4n) is 2.60. The molecule has 0 aliphatic rings. The SMILES string of the molecule is O=C(O)c1ccn2c1ncc1cc(Nc3cccc(Cl)c3)ncc12. The third kappa shape index (κ3) is 2.43. The first-order chi connectivity index (χ1) is 11.6. The van der Waals surface area contributed by atoms with Gasteiger partial charge in [-0.25, -0.2) is 14.8 Å². The van der Waals surface area contributed by atoms with Crippen LogP contribution in [0.25, 0.3) is 16.6 Å². The predicted molar refractivity (Wildman–Crippen MR) is 92.2 cm³/mol. The van der Waals surface area contributed by atoms with E-state index in [1.807, 2.05) is 18.2 Å². The van der Waals surface area contributed by atoms with Gasteiger partial charge in [-0.2, -0.15) is 0 Å². The van der Waals surface area contributed by atoms with E-state index in [2.05, 4.69) is 15.3 Å². The molecule has 7 heteroatoms. The summed E-state index contributed by atoms with van der Waals surface area (Å²) in [6.07, 6.45) is 5.00. The Bertz CT molecular complexity index is 1090. The number of halogens is 1. The van der Waals surface area contributed by atoms with E-state index in [-0.39, 0.29) is 5.56 Å². The minimum atomic E-state index is -1.00. The van der Waals surface area contributed by atoms with Crippen LogP contribution in [0.4, 0.5) is 11.5 Å². The number of carboxylic acid groups (broad SMARTS) is 1. The summed E-state index contributed by atoms with van der Waals surface area (Å²) in [5, 5.41) is 13.8. The van der Waals surface area contributed by atoms with Crippen LogP contribution in [0.5, 0.6) is 0 Å². The average Bonchev–Trinajstić information content (AvgIpc) is 2.99. The first-order valence-corrected chi connectivity index (χ1v) is 7.51. The highest BCUT2D eigenvalue weighted by atomic mass is 35.5. The van der Waals surface area contributed by atoms with E-state index in [0.717, 1.165) is 16.6 Å². The number of aromatic carboxylic acids is 1. The number of benzene rings is 1. The van der Waals surface area contributed by atoms with E-state index in [0.29, 0.717) is 16.5 Å². The fraction of sp³-hybridized carbons (Fsp3) is 0. The summed E-state index contributed by atoms with van der Waals surface area (Å²) in [6, 6.07) is 10.7. The Balaban J connectivity index is 1.79. The van der Waals surface area contributed by atoms with E-state index in [1.54, 1.807) is 35.1 Å². The van der Waals surface area contributed by atoms with Crippen LogP contribution in [0.2, 0.25) is 5.02 Å². The largest absolute Gasteiger partial charge is 0.478 e. The number of hydrogen-bond donors (Lipinski definition) is 2. The molecule has 4 aromatic rings. The molecule has 0 bridgehead atoms. The van der Waals surface area contributed by atoms with Crippen LogP contribution >= 0.6 is 11.6 Å². The van der Waals surface area contributed by atoms with Crippen molar-refractivity contribution in [1.82, 2.24) is 14.4 Å². The first kappa shape index (κ1) is 14.5. The lowest BCUT2D eigenvalue weighted by Gasteiger charge is -2.08. The normalized spacial score (nSPS) is 11.0. The molecule has 24 heavy (non-hydrogen) atoms. The quantitative estimate of drug-likeness (QED) is 0.590. The maximum Gasteiger partial charge on any atom is 0.339 e. The molecule has 2 N–H and O–H groups in total. The molecule has 1 aromatic carbocycles. The highest BCUT2D eigenvalue weighted by Crippen LogP contribution is 2.23. The third-order valence-electron chi connectivity index (χ3n) is 3.69. The van der Waals surface area contributed by atoms with Crippen molar-refractivity contribution >= 4 is 45.6 Å². The van der Waals surface area contributed by atoms with Crippen LogP contribution in [-0.4, -0.2) is 25.4 Å². The molecule has 0 unspecified atom stereocenters. The number of nitrogens with one attached hydrogen (secondary N) is 1. The summed E-state index contributed by atoms with van der Waals surface area (Å²) in [5.74, 6) is -0.354. The molecule has 0 spiro atoms. The second-order valence-electron chi connectivity index (χ2n) is 5.25. The Morgan fingerprint density at radius 1 is 1.17 bits per heavy atom. The number of hydrogen-bond acceptors (Lipinski definition) is 4. The Hall–Kier alpha value is -3.12. The Labute approximate surface area is 141 Å². The van der Waals surface area contributed by atoms with E-state index in [1.165, 1.54) is 6.07 Å². The van der Waals surface area contributed by atoms with Crippen LogP contribution in [0, 0.1) is 0 Å².